The third kappa shape index (κ3) is 4.17. The Morgan fingerprint density at radius 3 is 2.95 bits per heavy atom. The molecule has 2 N–H and O–H groups in total. The van der Waals surface area contributed by atoms with E-state index in [9.17, 15) is 4.79 Å². The Bertz CT molecular complexity index is 672. The monoisotopic (exact) mass is 324 g/mol. The van der Waals surface area contributed by atoms with Crippen LogP contribution in [0.15, 0.2) is 29.4 Å². The second-order valence-corrected chi connectivity index (χ2v) is 5.31. The highest BCUT2D eigenvalue weighted by Gasteiger charge is 2.09. The molecule has 1 aromatic carbocycles. The summed E-state index contributed by atoms with van der Waals surface area (Å²) in [5.41, 5.74) is 3.10. The van der Waals surface area contributed by atoms with Gasteiger partial charge in [0.25, 0.3) is 0 Å². The maximum absolute atomic E-state index is 10.7. The number of halogens is 1. The van der Waals surface area contributed by atoms with Crippen molar-refractivity contribution in [2.45, 2.75) is 6.92 Å². The van der Waals surface area contributed by atoms with Gasteiger partial charge in [-0.2, -0.15) is 5.10 Å². The highest BCUT2D eigenvalue weighted by atomic mass is 35.5. The number of carbonyl (C=O) groups excluding carboxylic acids is 1. The minimum atomic E-state index is -0.251. The lowest BCUT2D eigenvalue weighted by molar-refractivity contribution is -0.118. The number of nitrogens with zero attached hydrogens (tertiary/aromatic N) is 2. The predicted octanol–water partition coefficient (Wildman–Crippen LogP) is 3.02. The molecule has 0 atom stereocenters. The van der Waals surface area contributed by atoms with Crippen LogP contribution in [0.4, 0.5) is 10.8 Å². The number of rotatable bonds is 5. The standard InChI is InChI=1S/C13H13ClN4O2S/c1-8(19)18-15-7-11-12(14)17-13(21-11)16-9-5-3-4-6-10(9)20-2/h3-7H,1-2H3,(H,16,17)(H,18,19)/b15-7+. The summed E-state index contributed by atoms with van der Waals surface area (Å²) in [6.07, 6.45) is 1.45. The van der Waals surface area contributed by atoms with Gasteiger partial charge >= 0.3 is 0 Å². The van der Waals surface area contributed by atoms with Crippen LogP contribution < -0.4 is 15.5 Å². The number of aromatic nitrogens is 1. The topological polar surface area (TPSA) is 75.6 Å². The van der Waals surface area contributed by atoms with Crippen molar-refractivity contribution in [3.63, 3.8) is 0 Å². The van der Waals surface area contributed by atoms with Crippen molar-refractivity contribution in [1.82, 2.24) is 10.4 Å². The van der Waals surface area contributed by atoms with E-state index in [-0.39, 0.29) is 5.91 Å². The number of anilines is 2. The number of para-hydroxylation sites is 2. The number of hydrogen-bond acceptors (Lipinski definition) is 6. The van der Waals surface area contributed by atoms with Crippen LogP contribution in [0.25, 0.3) is 0 Å². The van der Waals surface area contributed by atoms with Crippen LogP contribution >= 0.6 is 22.9 Å². The molecule has 21 heavy (non-hydrogen) atoms. The zero-order valence-corrected chi connectivity index (χ0v) is 13.0. The molecule has 2 rings (SSSR count). The predicted molar refractivity (Wildman–Crippen MR) is 84.8 cm³/mol. The number of methoxy groups -OCH3 is 1. The molecule has 0 fully saturated rings. The molecule has 1 heterocycles. The Balaban J connectivity index is 2.15. The fourth-order valence-corrected chi connectivity index (χ4v) is 2.53. The van der Waals surface area contributed by atoms with Crippen LogP contribution in [-0.4, -0.2) is 24.2 Å². The number of benzene rings is 1. The molecule has 0 unspecified atom stereocenters. The molecule has 6 nitrogen and oxygen atoms in total. The molecule has 110 valence electrons. The molecule has 0 radical (unpaired) electrons. The number of carbonyl (C=O) groups is 1. The largest absolute Gasteiger partial charge is 0.495 e. The van der Waals surface area contributed by atoms with Gasteiger partial charge in [-0.05, 0) is 12.1 Å². The van der Waals surface area contributed by atoms with E-state index in [0.29, 0.717) is 20.9 Å². The average Bonchev–Trinajstić information content (AvgIpc) is 2.79. The fraction of sp³-hybridized carbons (Fsp3) is 0.154. The summed E-state index contributed by atoms with van der Waals surface area (Å²) in [6, 6.07) is 7.49. The van der Waals surface area contributed by atoms with E-state index >= 15 is 0 Å². The Kier molecular flexibility index (Phi) is 5.13. The summed E-state index contributed by atoms with van der Waals surface area (Å²) in [7, 11) is 1.60. The van der Waals surface area contributed by atoms with Crippen molar-refractivity contribution >= 4 is 45.9 Å². The molecule has 0 spiro atoms. The molecule has 1 amide bonds. The lowest BCUT2D eigenvalue weighted by Gasteiger charge is -2.07. The normalized spacial score (nSPS) is 10.6. The van der Waals surface area contributed by atoms with Crippen molar-refractivity contribution in [1.29, 1.82) is 0 Å². The summed E-state index contributed by atoms with van der Waals surface area (Å²) in [6.45, 7) is 1.38. The molecule has 0 aliphatic rings. The van der Waals surface area contributed by atoms with E-state index < -0.39 is 0 Å². The first-order valence-corrected chi connectivity index (χ1v) is 7.15. The molecule has 0 bridgehead atoms. The van der Waals surface area contributed by atoms with Crippen molar-refractivity contribution < 1.29 is 9.53 Å². The van der Waals surface area contributed by atoms with E-state index in [1.54, 1.807) is 7.11 Å². The molecule has 0 aliphatic heterocycles. The van der Waals surface area contributed by atoms with Crippen molar-refractivity contribution in [3.05, 3.63) is 34.3 Å². The summed E-state index contributed by atoms with van der Waals surface area (Å²) >= 11 is 7.34. The van der Waals surface area contributed by atoms with Gasteiger partial charge < -0.3 is 10.1 Å². The Morgan fingerprint density at radius 1 is 1.48 bits per heavy atom. The number of ether oxygens (including phenoxy) is 1. The van der Waals surface area contributed by atoms with Gasteiger partial charge in [0, 0.05) is 6.92 Å². The molecule has 1 aromatic heterocycles. The Labute approximate surface area is 130 Å². The van der Waals surface area contributed by atoms with Gasteiger partial charge in [0.1, 0.15) is 5.75 Å². The van der Waals surface area contributed by atoms with Crippen LogP contribution in [0, 0.1) is 0 Å². The molecule has 0 saturated heterocycles. The van der Waals surface area contributed by atoms with Gasteiger partial charge in [-0.1, -0.05) is 35.1 Å². The molecule has 0 saturated carbocycles. The quantitative estimate of drug-likeness (QED) is 0.655. The Morgan fingerprint density at radius 2 is 2.24 bits per heavy atom. The summed E-state index contributed by atoms with van der Waals surface area (Å²) in [4.78, 5) is 15.6. The van der Waals surface area contributed by atoms with Crippen LogP contribution in [0.3, 0.4) is 0 Å². The molecule has 8 heteroatoms. The van der Waals surface area contributed by atoms with Crippen molar-refractivity contribution in [2.24, 2.45) is 5.10 Å². The van der Waals surface area contributed by atoms with Gasteiger partial charge in [-0.25, -0.2) is 10.4 Å². The van der Waals surface area contributed by atoms with Gasteiger partial charge in [0.2, 0.25) is 5.91 Å². The number of hydrazone groups is 1. The van der Waals surface area contributed by atoms with Gasteiger partial charge in [0.05, 0.1) is 23.9 Å². The van der Waals surface area contributed by atoms with E-state index in [1.165, 1.54) is 24.5 Å². The second kappa shape index (κ2) is 7.05. The third-order valence-corrected chi connectivity index (χ3v) is 3.67. The smallest absolute Gasteiger partial charge is 0.236 e. The Hall–Kier alpha value is -2.12. The van der Waals surface area contributed by atoms with Gasteiger partial charge in [-0.15, -0.1) is 0 Å². The number of thiazole rings is 1. The van der Waals surface area contributed by atoms with E-state index in [1.807, 2.05) is 24.3 Å². The van der Waals surface area contributed by atoms with Crippen molar-refractivity contribution in [3.8, 4) is 5.75 Å². The van der Waals surface area contributed by atoms with Crippen LogP contribution in [-0.2, 0) is 4.79 Å². The second-order valence-electron chi connectivity index (χ2n) is 3.93. The molecule has 2 aromatic rings. The minimum Gasteiger partial charge on any atom is -0.495 e. The maximum atomic E-state index is 10.7. The SMILES string of the molecule is COc1ccccc1Nc1nc(Cl)c(/C=N/NC(C)=O)s1. The summed E-state index contributed by atoms with van der Waals surface area (Å²) < 4.78 is 5.25. The van der Waals surface area contributed by atoms with Crippen LogP contribution in [0.2, 0.25) is 5.15 Å². The zero-order chi connectivity index (χ0) is 15.2. The minimum absolute atomic E-state index is 0.251. The van der Waals surface area contributed by atoms with E-state index in [4.69, 9.17) is 16.3 Å². The van der Waals surface area contributed by atoms with E-state index in [2.05, 4.69) is 20.8 Å². The first-order valence-electron chi connectivity index (χ1n) is 5.96. The first kappa shape index (κ1) is 15.3. The third-order valence-electron chi connectivity index (χ3n) is 2.36. The zero-order valence-electron chi connectivity index (χ0n) is 11.4. The lowest BCUT2D eigenvalue weighted by atomic mass is 10.3. The highest BCUT2D eigenvalue weighted by Crippen LogP contribution is 2.31. The maximum Gasteiger partial charge on any atom is 0.236 e. The summed E-state index contributed by atoms with van der Waals surface area (Å²) in [5.74, 6) is 0.455. The average molecular weight is 325 g/mol. The first-order chi connectivity index (χ1) is 10.1. The van der Waals surface area contributed by atoms with Crippen LogP contribution in [0.5, 0.6) is 5.75 Å². The molecule has 0 aliphatic carbocycles. The number of nitrogens with one attached hydrogen (secondary N) is 2. The van der Waals surface area contributed by atoms with Gasteiger partial charge in [-0.3, -0.25) is 4.79 Å². The van der Waals surface area contributed by atoms with Crippen LogP contribution in [0.1, 0.15) is 11.8 Å². The number of hydrogen-bond donors (Lipinski definition) is 2. The van der Waals surface area contributed by atoms with E-state index in [0.717, 1.165) is 5.69 Å². The van der Waals surface area contributed by atoms with Gasteiger partial charge in [0.15, 0.2) is 10.3 Å². The highest BCUT2D eigenvalue weighted by molar-refractivity contribution is 7.17. The lowest BCUT2D eigenvalue weighted by Crippen LogP contribution is -2.12. The summed E-state index contributed by atoms with van der Waals surface area (Å²) in [5, 5.41) is 7.81. The van der Waals surface area contributed by atoms with Crippen molar-refractivity contribution in [2.75, 3.05) is 12.4 Å². The molecular weight excluding hydrogens is 312 g/mol. The number of amides is 1. The fourth-order valence-electron chi connectivity index (χ4n) is 1.49. The molecular formula is C13H13ClN4O2S.